The van der Waals surface area contributed by atoms with Gasteiger partial charge in [0.05, 0.1) is 12.5 Å². The minimum Gasteiger partial charge on any atom is -0.331 e. The van der Waals surface area contributed by atoms with Crippen LogP contribution in [0.1, 0.15) is 19.8 Å². The molecule has 2 unspecified atom stereocenters. The van der Waals surface area contributed by atoms with Crippen LogP contribution >= 0.6 is 0 Å². The Bertz CT molecular complexity index is 304. The molecule has 2 rings (SSSR count). The van der Waals surface area contributed by atoms with Crippen LogP contribution in [0.15, 0.2) is 0 Å². The maximum Gasteiger partial charge on any atom is 0.228 e. The first-order chi connectivity index (χ1) is 7.72. The van der Waals surface area contributed by atoms with E-state index in [1.54, 1.807) is 0 Å². The summed E-state index contributed by atoms with van der Waals surface area (Å²) in [4.78, 5) is 14.2. The van der Waals surface area contributed by atoms with Gasteiger partial charge < -0.3 is 10.2 Å². The van der Waals surface area contributed by atoms with Crippen LogP contribution in [0, 0.1) is 30.1 Å². The summed E-state index contributed by atoms with van der Waals surface area (Å²) in [7, 11) is 0. The Morgan fingerprint density at radius 3 is 2.75 bits per heavy atom. The molecule has 0 aromatic heterocycles. The van der Waals surface area contributed by atoms with E-state index in [2.05, 4.69) is 18.2 Å². The minimum absolute atomic E-state index is 0.132. The molecule has 1 amide bonds. The van der Waals surface area contributed by atoms with Gasteiger partial charge in [-0.15, -0.1) is 6.42 Å². The van der Waals surface area contributed by atoms with Gasteiger partial charge in [0.15, 0.2) is 0 Å². The number of carbonyl (C=O) groups excluding carboxylic acids is 1. The normalized spacial score (nSPS) is 28.8. The summed E-state index contributed by atoms with van der Waals surface area (Å²) in [6.45, 7) is 5.23. The van der Waals surface area contributed by atoms with E-state index in [9.17, 15) is 4.79 Å². The highest BCUT2D eigenvalue weighted by Gasteiger charge is 2.34. The summed E-state index contributed by atoms with van der Waals surface area (Å²) >= 11 is 0. The molecule has 2 aliphatic rings. The van der Waals surface area contributed by atoms with E-state index in [1.165, 1.54) is 12.8 Å². The van der Waals surface area contributed by atoms with Crippen LogP contribution < -0.4 is 5.32 Å². The first kappa shape index (κ1) is 11.5. The van der Waals surface area contributed by atoms with Crippen molar-refractivity contribution in [3.8, 4) is 12.3 Å². The number of hydrogen-bond acceptors (Lipinski definition) is 2. The number of hydrogen-bond donors (Lipinski definition) is 1. The van der Waals surface area contributed by atoms with Gasteiger partial charge in [0.2, 0.25) is 5.91 Å². The van der Waals surface area contributed by atoms with Crippen molar-refractivity contribution in [2.24, 2.45) is 17.8 Å². The molecule has 3 nitrogen and oxygen atoms in total. The zero-order valence-electron chi connectivity index (χ0n) is 9.91. The molecule has 0 aromatic rings. The van der Waals surface area contributed by atoms with Gasteiger partial charge in [0.1, 0.15) is 0 Å². The Balaban J connectivity index is 1.95. The second-order valence-electron chi connectivity index (χ2n) is 5.11. The largest absolute Gasteiger partial charge is 0.331 e. The molecule has 16 heavy (non-hydrogen) atoms. The number of nitrogens with zero attached hydrogens (tertiary/aromatic N) is 1. The Hall–Kier alpha value is -1.01. The van der Waals surface area contributed by atoms with Gasteiger partial charge in [-0.2, -0.15) is 0 Å². The summed E-state index contributed by atoms with van der Waals surface area (Å²) in [5.74, 6) is 4.14. The Labute approximate surface area is 97.6 Å². The van der Waals surface area contributed by atoms with E-state index in [0.29, 0.717) is 18.4 Å². The Morgan fingerprint density at radius 2 is 2.25 bits per heavy atom. The second-order valence-corrected chi connectivity index (χ2v) is 5.11. The highest BCUT2D eigenvalue weighted by molar-refractivity contribution is 5.80. The van der Waals surface area contributed by atoms with Gasteiger partial charge in [-0.05, 0) is 31.2 Å². The van der Waals surface area contributed by atoms with E-state index < -0.39 is 0 Å². The third-order valence-corrected chi connectivity index (χ3v) is 3.60. The van der Waals surface area contributed by atoms with Gasteiger partial charge in [-0.3, -0.25) is 4.79 Å². The molecule has 1 heterocycles. The fourth-order valence-corrected chi connectivity index (χ4v) is 2.33. The van der Waals surface area contributed by atoms with Crippen LogP contribution in [0.5, 0.6) is 0 Å². The zero-order chi connectivity index (χ0) is 11.5. The van der Waals surface area contributed by atoms with Gasteiger partial charge in [0.25, 0.3) is 0 Å². The molecule has 1 aliphatic heterocycles. The standard InChI is InChI=1S/C13H20N2O/c1-3-6-15(9-11-4-5-11)13(16)12-8-14-7-10(12)2/h1,10-12,14H,4-9H2,2H3. The number of terminal acetylenes is 1. The first-order valence-corrected chi connectivity index (χ1v) is 6.15. The molecule has 1 N–H and O–H groups in total. The fourth-order valence-electron chi connectivity index (χ4n) is 2.33. The Morgan fingerprint density at radius 1 is 1.50 bits per heavy atom. The van der Waals surface area contributed by atoms with Crippen LogP contribution in [0.3, 0.4) is 0 Å². The smallest absolute Gasteiger partial charge is 0.228 e. The zero-order valence-corrected chi connectivity index (χ0v) is 9.91. The van der Waals surface area contributed by atoms with Crippen LogP contribution in [0.2, 0.25) is 0 Å². The molecular weight excluding hydrogens is 200 g/mol. The third-order valence-electron chi connectivity index (χ3n) is 3.60. The number of carbonyl (C=O) groups is 1. The molecule has 0 aromatic carbocycles. The molecule has 1 aliphatic carbocycles. The second kappa shape index (κ2) is 4.88. The molecule has 2 fully saturated rings. The summed E-state index contributed by atoms with van der Waals surface area (Å²) in [5, 5.41) is 3.27. The van der Waals surface area contributed by atoms with Gasteiger partial charge in [-0.1, -0.05) is 12.8 Å². The molecule has 0 radical (unpaired) electrons. The average Bonchev–Trinajstić information content (AvgIpc) is 2.98. The molecular formula is C13H20N2O. The highest BCUT2D eigenvalue weighted by atomic mass is 16.2. The van der Waals surface area contributed by atoms with E-state index in [0.717, 1.165) is 19.6 Å². The van der Waals surface area contributed by atoms with Crippen molar-refractivity contribution in [2.75, 3.05) is 26.2 Å². The van der Waals surface area contributed by atoms with Crippen molar-refractivity contribution >= 4 is 5.91 Å². The van der Waals surface area contributed by atoms with Crippen LogP contribution in [0.4, 0.5) is 0 Å². The van der Waals surface area contributed by atoms with Gasteiger partial charge in [-0.25, -0.2) is 0 Å². The predicted octanol–water partition coefficient (Wildman–Crippen LogP) is 0.714. The molecule has 3 heteroatoms. The molecule has 88 valence electrons. The quantitative estimate of drug-likeness (QED) is 0.708. The molecule has 0 spiro atoms. The molecule has 0 bridgehead atoms. The minimum atomic E-state index is 0.132. The van der Waals surface area contributed by atoms with Gasteiger partial charge >= 0.3 is 0 Å². The monoisotopic (exact) mass is 220 g/mol. The number of rotatable bonds is 4. The van der Waals surface area contributed by atoms with Crippen molar-refractivity contribution < 1.29 is 4.79 Å². The van der Waals surface area contributed by atoms with Crippen molar-refractivity contribution in [1.29, 1.82) is 0 Å². The molecule has 2 atom stereocenters. The topological polar surface area (TPSA) is 32.3 Å². The van der Waals surface area contributed by atoms with Crippen molar-refractivity contribution in [3.05, 3.63) is 0 Å². The highest BCUT2D eigenvalue weighted by Crippen LogP contribution is 2.30. The summed E-state index contributed by atoms with van der Waals surface area (Å²) < 4.78 is 0. The fraction of sp³-hybridized carbons (Fsp3) is 0.769. The first-order valence-electron chi connectivity index (χ1n) is 6.15. The van der Waals surface area contributed by atoms with Crippen LogP contribution in [-0.4, -0.2) is 37.0 Å². The summed E-state index contributed by atoms with van der Waals surface area (Å²) in [5.41, 5.74) is 0. The predicted molar refractivity (Wildman–Crippen MR) is 63.7 cm³/mol. The van der Waals surface area contributed by atoms with E-state index >= 15 is 0 Å². The third kappa shape index (κ3) is 2.56. The lowest BCUT2D eigenvalue weighted by Crippen LogP contribution is -2.40. The van der Waals surface area contributed by atoms with Crippen LogP contribution in [0.25, 0.3) is 0 Å². The SMILES string of the molecule is C#CCN(CC1CC1)C(=O)C1CNCC1C. The van der Waals surface area contributed by atoms with Crippen LogP contribution in [-0.2, 0) is 4.79 Å². The molecule has 1 saturated carbocycles. The maximum atomic E-state index is 12.3. The van der Waals surface area contributed by atoms with E-state index in [1.807, 2.05) is 4.90 Å². The van der Waals surface area contributed by atoms with Crippen molar-refractivity contribution in [1.82, 2.24) is 10.2 Å². The number of nitrogens with one attached hydrogen (secondary N) is 1. The van der Waals surface area contributed by atoms with Crippen molar-refractivity contribution in [3.63, 3.8) is 0 Å². The molecule has 1 saturated heterocycles. The van der Waals surface area contributed by atoms with E-state index in [4.69, 9.17) is 6.42 Å². The lowest BCUT2D eigenvalue weighted by atomic mass is 9.96. The Kier molecular flexibility index (Phi) is 3.50. The average molecular weight is 220 g/mol. The maximum absolute atomic E-state index is 12.3. The summed E-state index contributed by atoms with van der Waals surface area (Å²) in [6, 6.07) is 0. The van der Waals surface area contributed by atoms with E-state index in [-0.39, 0.29) is 11.8 Å². The lowest BCUT2D eigenvalue weighted by Gasteiger charge is -2.25. The summed E-state index contributed by atoms with van der Waals surface area (Å²) in [6.07, 6.45) is 7.85. The number of amides is 1. The lowest BCUT2D eigenvalue weighted by molar-refractivity contribution is -0.135. The van der Waals surface area contributed by atoms with Crippen molar-refractivity contribution in [2.45, 2.75) is 19.8 Å². The van der Waals surface area contributed by atoms with Gasteiger partial charge in [0, 0.05) is 13.1 Å².